The van der Waals surface area contributed by atoms with Crippen LogP contribution in [0.15, 0.2) is 18.5 Å². The molecule has 0 saturated heterocycles. The summed E-state index contributed by atoms with van der Waals surface area (Å²) in [7, 11) is 0. The fourth-order valence-electron chi connectivity index (χ4n) is 1.88. The van der Waals surface area contributed by atoms with Crippen LogP contribution in [0, 0.1) is 0 Å². The third-order valence-corrected chi connectivity index (χ3v) is 3.66. The van der Waals surface area contributed by atoms with Crippen molar-refractivity contribution >= 4 is 17.6 Å². The standard InChI is InChI=1S/C12H13N5S/c1-2-13-10-8-6-18-7-9(8)16-12(17-10)11-14-4-3-5-15-11/h3-5H,2,6-7H2,1H3,(H,13,16,17). The highest BCUT2D eigenvalue weighted by Crippen LogP contribution is 2.33. The molecule has 3 heterocycles. The average molecular weight is 259 g/mol. The molecule has 0 aliphatic carbocycles. The number of anilines is 1. The Morgan fingerprint density at radius 3 is 2.78 bits per heavy atom. The summed E-state index contributed by atoms with van der Waals surface area (Å²) in [6.45, 7) is 2.92. The van der Waals surface area contributed by atoms with Gasteiger partial charge in [0.1, 0.15) is 5.82 Å². The third kappa shape index (κ3) is 2.03. The molecular weight excluding hydrogens is 246 g/mol. The summed E-state index contributed by atoms with van der Waals surface area (Å²) in [5.74, 6) is 4.03. The lowest BCUT2D eigenvalue weighted by atomic mass is 10.2. The van der Waals surface area contributed by atoms with Gasteiger partial charge in [-0.25, -0.2) is 19.9 Å². The Balaban J connectivity index is 2.09. The highest BCUT2D eigenvalue weighted by molar-refractivity contribution is 7.98. The Morgan fingerprint density at radius 1 is 1.17 bits per heavy atom. The maximum absolute atomic E-state index is 4.57. The van der Waals surface area contributed by atoms with E-state index in [0.717, 1.165) is 29.6 Å². The number of fused-ring (bicyclic) bond motifs is 1. The number of thioether (sulfide) groups is 1. The molecule has 1 N–H and O–H groups in total. The molecule has 92 valence electrons. The van der Waals surface area contributed by atoms with Gasteiger partial charge in [0.05, 0.1) is 5.69 Å². The fourth-order valence-corrected chi connectivity index (χ4v) is 2.92. The van der Waals surface area contributed by atoms with E-state index in [2.05, 4.69) is 32.2 Å². The Labute approximate surface area is 109 Å². The van der Waals surface area contributed by atoms with Crippen molar-refractivity contribution in [2.75, 3.05) is 11.9 Å². The van der Waals surface area contributed by atoms with Crippen molar-refractivity contribution < 1.29 is 0 Å². The highest BCUT2D eigenvalue weighted by atomic mass is 32.2. The molecule has 6 heteroatoms. The van der Waals surface area contributed by atoms with E-state index >= 15 is 0 Å². The first-order valence-corrected chi connectivity index (χ1v) is 7.02. The molecule has 3 rings (SSSR count). The second-order valence-electron chi connectivity index (χ2n) is 3.92. The SMILES string of the molecule is CCNc1nc(-c2ncccn2)nc2c1CSC2. The molecule has 2 aromatic rings. The van der Waals surface area contributed by atoms with Gasteiger partial charge in [0.15, 0.2) is 11.6 Å². The van der Waals surface area contributed by atoms with Gasteiger partial charge < -0.3 is 5.32 Å². The van der Waals surface area contributed by atoms with Crippen LogP contribution in [0.2, 0.25) is 0 Å². The zero-order valence-electron chi connectivity index (χ0n) is 10.1. The van der Waals surface area contributed by atoms with Crippen LogP contribution in [0.5, 0.6) is 0 Å². The predicted molar refractivity (Wildman–Crippen MR) is 72.2 cm³/mol. The molecule has 0 atom stereocenters. The molecule has 0 radical (unpaired) electrons. The van der Waals surface area contributed by atoms with Gasteiger partial charge in [-0.3, -0.25) is 0 Å². The van der Waals surface area contributed by atoms with Crippen LogP contribution < -0.4 is 5.32 Å². The monoisotopic (exact) mass is 259 g/mol. The number of nitrogens with zero attached hydrogens (tertiary/aromatic N) is 4. The first-order valence-electron chi connectivity index (χ1n) is 5.87. The predicted octanol–water partition coefficient (Wildman–Crippen LogP) is 2.11. The van der Waals surface area contributed by atoms with Gasteiger partial charge in [0.2, 0.25) is 0 Å². The maximum atomic E-state index is 4.57. The molecule has 1 aliphatic heterocycles. The summed E-state index contributed by atoms with van der Waals surface area (Å²) in [6.07, 6.45) is 3.42. The molecule has 18 heavy (non-hydrogen) atoms. The van der Waals surface area contributed by atoms with Crippen LogP contribution in [0.1, 0.15) is 18.2 Å². The quantitative estimate of drug-likeness (QED) is 0.910. The van der Waals surface area contributed by atoms with E-state index in [4.69, 9.17) is 0 Å². The molecular formula is C12H13N5S. The number of hydrogen-bond acceptors (Lipinski definition) is 6. The number of aromatic nitrogens is 4. The van der Waals surface area contributed by atoms with Gasteiger partial charge in [0.25, 0.3) is 0 Å². The van der Waals surface area contributed by atoms with E-state index in [-0.39, 0.29) is 0 Å². The van der Waals surface area contributed by atoms with Gasteiger partial charge in [-0.05, 0) is 13.0 Å². The molecule has 0 aromatic carbocycles. The Morgan fingerprint density at radius 2 is 2.00 bits per heavy atom. The lowest BCUT2D eigenvalue weighted by Gasteiger charge is -2.09. The van der Waals surface area contributed by atoms with Crippen LogP contribution in [0.4, 0.5) is 5.82 Å². The third-order valence-electron chi connectivity index (χ3n) is 2.69. The van der Waals surface area contributed by atoms with Crippen molar-refractivity contribution in [1.29, 1.82) is 0 Å². The van der Waals surface area contributed by atoms with Gasteiger partial charge >= 0.3 is 0 Å². The molecule has 0 spiro atoms. The van der Waals surface area contributed by atoms with Gasteiger partial charge in [-0.1, -0.05) is 0 Å². The van der Waals surface area contributed by atoms with Gasteiger partial charge in [0, 0.05) is 36.0 Å². The van der Waals surface area contributed by atoms with Crippen molar-refractivity contribution in [3.8, 4) is 11.6 Å². The summed E-state index contributed by atoms with van der Waals surface area (Å²) in [5.41, 5.74) is 2.33. The average Bonchev–Trinajstić information content (AvgIpc) is 2.88. The molecule has 0 bridgehead atoms. The van der Waals surface area contributed by atoms with E-state index in [1.807, 2.05) is 11.8 Å². The second-order valence-corrected chi connectivity index (χ2v) is 4.90. The lowest BCUT2D eigenvalue weighted by Crippen LogP contribution is -2.07. The summed E-state index contributed by atoms with van der Waals surface area (Å²) in [6, 6.07) is 1.79. The topological polar surface area (TPSA) is 63.6 Å². The van der Waals surface area contributed by atoms with Crippen molar-refractivity contribution in [2.24, 2.45) is 0 Å². The molecule has 1 aliphatic rings. The molecule has 2 aromatic heterocycles. The summed E-state index contributed by atoms with van der Waals surface area (Å²) in [5, 5.41) is 3.30. The Bertz CT molecular complexity index is 558. The van der Waals surface area contributed by atoms with Gasteiger partial charge in [-0.2, -0.15) is 11.8 Å². The van der Waals surface area contributed by atoms with Crippen molar-refractivity contribution in [2.45, 2.75) is 18.4 Å². The van der Waals surface area contributed by atoms with E-state index < -0.39 is 0 Å². The number of rotatable bonds is 3. The number of hydrogen-bond donors (Lipinski definition) is 1. The van der Waals surface area contributed by atoms with Crippen LogP contribution >= 0.6 is 11.8 Å². The molecule has 0 fully saturated rings. The highest BCUT2D eigenvalue weighted by Gasteiger charge is 2.20. The van der Waals surface area contributed by atoms with E-state index in [0.29, 0.717) is 11.6 Å². The van der Waals surface area contributed by atoms with Crippen LogP contribution in [0.25, 0.3) is 11.6 Å². The normalized spacial score (nSPS) is 13.4. The Kier molecular flexibility index (Phi) is 3.10. The molecule has 0 amide bonds. The first-order chi connectivity index (χ1) is 8.88. The van der Waals surface area contributed by atoms with Crippen LogP contribution in [-0.2, 0) is 11.5 Å². The molecule has 5 nitrogen and oxygen atoms in total. The summed E-state index contributed by atoms with van der Waals surface area (Å²) < 4.78 is 0. The fraction of sp³-hybridized carbons (Fsp3) is 0.333. The van der Waals surface area contributed by atoms with E-state index in [1.165, 1.54) is 5.56 Å². The minimum absolute atomic E-state index is 0.580. The maximum Gasteiger partial charge on any atom is 0.199 e. The smallest absolute Gasteiger partial charge is 0.199 e. The van der Waals surface area contributed by atoms with Crippen molar-refractivity contribution in [1.82, 2.24) is 19.9 Å². The molecule has 0 unspecified atom stereocenters. The largest absolute Gasteiger partial charge is 0.370 e. The minimum atomic E-state index is 0.580. The van der Waals surface area contributed by atoms with Crippen molar-refractivity contribution in [3.63, 3.8) is 0 Å². The minimum Gasteiger partial charge on any atom is -0.370 e. The van der Waals surface area contributed by atoms with Crippen molar-refractivity contribution in [3.05, 3.63) is 29.7 Å². The zero-order valence-corrected chi connectivity index (χ0v) is 10.9. The van der Waals surface area contributed by atoms with E-state index in [9.17, 15) is 0 Å². The van der Waals surface area contributed by atoms with Crippen LogP contribution in [-0.4, -0.2) is 26.5 Å². The second kappa shape index (κ2) is 4.89. The summed E-state index contributed by atoms with van der Waals surface area (Å²) >= 11 is 1.86. The van der Waals surface area contributed by atoms with Crippen LogP contribution in [0.3, 0.4) is 0 Å². The number of nitrogens with one attached hydrogen (secondary N) is 1. The lowest BCUT2D eigenvalue weighted by molar-refractivity contribution is 1.01. The summed E-state index contributed by atoms with van der Waals surface area (Å²) in [4.78, 5) is 17.5. The first kappa shape index (κ1) is 11.4. The molecule has 0 saturated carbocycles. The zero-order chi connectivity index (χ0) is 12.4. The van der Waals surface area contributed by atoms with Gasteiger partial charge in [-0.15, -0.1) is 0 Å². The Hall–Kier alpha value is -1.69. The van der Waals surface area contributed by atoms with E-state index in [1.54, 1.807) is 18.5 Å².